The van der Waals surface area contributed by atoms with E-state index in [4.69, 9.17) is 9.73 Å². The highest BCUT2D eigenvalue weighted by molar-refractivity contribution is 5.87. The third kappa shape index (κ3) is 3.25. The van der Waals surface area contributed by atoms with E-state index in [1.807, 2.05) is 12.1 Å². The van der Waals surface area contributed by atoms with E-state index in [2.05, 4.69) is 93.6 Å². The molecule has 2 aromatic rings. The van der Waals surface area contributed by atoms with Gasteiger partial charge in [-0.05, 0) is 29.9 Å². The zero-order valence-corrected chi connectivity index (χ0v) is 16.2. The van der Waals surface area contributed by atoms with Crippen molar-refractivity contribution < 1.29 is 4.74 Å². The molecule has 0 unspecified atom stereocenters. The summed E-state index contributed by atoms with van der Waals surface area (Å²) >= 11 is 0. The number of benzene rings is 2. The van der Waals surface area contributed by atoms with Crippen LogP contribution in [0.4, 0.5) is 0 Å². The molecule has 0 fully saturated rings. The van der Waals surface area contributed by atoms with Crippen LogP contribution in [0.3, 0.4) is 0 Å². The molecule has 1 aliphatic carbocycles. The third-order valence-electron chi connectivity index (χ3n) is 5.79. The zero-order valence-electron chi connectivity index (χ0n) is 16.2. The Labute approximate surface area is 162 Å². The fourth-order valence-electron chi connectivity index (χ4n) is 4.35. The maximum atomic E-state index is 6.60. The van der Waals surface area contributed by atoms with Crippen LogP contribution in [0.15, 0.2) is 90.0 Å². The number of hydrogen-bond donors (Lipinski definition) is 0. The summed E-state index contributed by atoms with van der Waals surface area (Å²) in [7, 11) is 0. The Morgan fingerprint density at radius 1 is 0.889 bits per heavy atom. The molecule has 0 saturated heterocycles. The standard InChI is InChI=1S/C25H27NO/c1-18(2)21-16-10-11-17-25(21,3)24-26-22(19-12-6-4-7-13-19)23(27-24)20-14-8-5-9-15-20/h4-18,21-23H,1-3H3/t21-,22+,23+,25-/m0/s1. The molecule has 1 heterocycles. The number of allylic oxidation sites excluding steroid dienone is 3. The van der Waals surface area contributed by atoms with Crippen LogP contribution < -0.4 is 0 Å². The van der Waals surface area contributed by atoms with Gasteiger partial charge in [0.25, 0.3) is 0 Å². The Kier molecular flexibility index (Phi) is 4.73. The fraction of sp³-hybridized carbons (Fsp3) is 0.320. The van der Waals surface area contributed by atoms with Crippen molar-refractivity contribution in [2.24, 2.45) is 22.2 Å². The lowest BCUT2D eigenvalue weighted by atomic mass is 9.69. The van der Waals surface area contributed by atoms with Gasteiger partial charge in [-0.1, -0.05) is 98.8 Å². The molecular formula is C25H27NO. The maximum absolute atomic E-state index is 6.60. The molecule has 0 saturated carbocycles. The molecule has 2 aromatic carbocycles. The van der Waals surface area contributed by atoms with Crippen LogP contribution in [0.2, 0.25) is 0 Å². The van der Waals surface area contributed by atoms with Gasteiger partial charge in [0.05, 0.1) is 5.41 Å². The summed E-state index contributed by atoms with van der Waals surface area (Å²) in [5, 5.41) is 0. The maximum Gasteiger partial charge on any atom is 0.195 e. The minimum atomic E-state index is -0.223. The van der Waals surface area contributed by atoms with Gasteiger partial charge in [0.2, 0.25) is 0 Å². The van der Waals surface area contributed by atoms with E-state index < -0.39 is 0 Å². The highest BCUT2D eigenvalue weighted by Crippen LogP contribution is 2.48. The van der Waals surface area contributed by atoms with Gasteiger partial charge < -0.3 is 4.74 Å². The molecule has 0 spiro atoms. The second-order valence-electron chi connectivity index (χ2n) is 8.04. The average molecular weight is 357 g/mol. The second-order valence-corrected chi connectivity index (χ2v) is 8.04. The van der Waals surface area contributed by atoms with Crippen molar-refractivity contribution in [1.29, 1.82) is 0 Å². The van der Waals surface area contributed by atoms with Crippen molar-refractivity contribution >= 4 is 5.90 Å². The second kappa shape index (κ2) is 7.19. The first-order valence-corrected chi connectivity index (χ1v) is 9.80. The molecule has 2 heteroatoms. The molecule has 2 nitrogen and oxygen atoms in total. The Morgan fingerprint density at radius 3 is 2.15 bits per heavy atom. The van der Waals surface area contributed by atoms with E-state index in [0.717, 1.165) is 5.90 Å². The van der Waals surface area contributed by atoms with Crippen molar-refractivity contribution in [2.45, 2.75) is 32.9 Å². The van der Waals surface area contributed by atoms with Gasteiger partial charge in [-0.15, -0.1) is 0 Å². The number of nitrogens with zero attached hydrogens (tertiary/aromatic N) is 1. The predicted molar refractivity (Wildman–Crippen MR) is 112 cm³/mol. The number of rotatable bonds is 4. The normalized spacial score (nSPS) is 29.6. The zero-order chi connectivity index (χ0) is 18.9. The summed E-state index contributed by atoms with van der Waals surface area (Å²) < 4.78 is 6.60. The van der Waals surface area contributed by atoms with E-state index in [9.17, 15) is 0 Å². The van der Waals surface area contributed by atoms with Crippen molar-refractivity contribution in [1.82, 2.24) is 0 Å². The lowest BCUT2D eigenvalue weighted by Gasteiger charge is -2.37. The van der Waals surface area contributed by atoms with E-state index in [-0.39, 0.29) is 17.6 Å². The first-order chi connectivity index (χ1) is 13.1. The van der Waals surface area contributed by atoms with Crippen molar-refractivity contribution in [3.05, 3.63) is 96.1 Å². The van der Waals surface area contributed by atoms with E-state index in [1.54, 1.807) is 0 Å². The Bertz CT molecular complexity index is 866. The Hall–Kier alpha value is -2.61. The van der Waals surface area contributed by atoms with Crippen LogP contribution in [0.25, 0.3) is 0 Å². The van der Waals surface area contributed by atoms with E-state index in [0.29, 0.717) is 11.8 Å². The number of ether oxygens (including phenoxy) is 1. The van der Waals surface area contributed by atoms with Gasteiger partial charge >= 0.3 is 0 Å². The van der Waals surface area contributed by atoms with Gasteiger partial charge in [-0.2, -0.15) is 0 Å². The van der Waals surface area contributed by atoms with Gasteiger partial charge in [0.1, 0.15) is 6.04 Å². The smallest absolute Gasteiger partial charge is 0.195 e. The molecule has 27 heavy (non-hydrogen) atoms. The molecule has 0 N–H and O–H groups in total. The van der Waals surface area contributed by atoms with Gasteiger partial charge in [-0.3, -0.25) is 0 Å². The SMILES string of the molecule is CC(C)[C@@H]1C=CC=C[C@]1(C)C1=N[C@H](c2ccccc2)[C@@H](c2ccccc2)O1. The molecular weight excluding hydrogens is 330 g/mol. The summed E-state index contributed by atoms with van der Waals surface area (Å²) in [5.74, 6) is 1.73. The van der Waals surface area contributed by atoms with Crippen LogP contribution in [0.5, 0.6) is 0 Å². The van der Waals surface area contributed by atoms with Gasteiger partial charge in [0.15, 0.2) is 12.0 Å². The third-order valence-corrected chi connectivity index (χ3v) is 5.79. The molecule has 2 aliphatic rings. The van der Waals surface area contributed by atoms with Crippen LogP contribution in [0.1, 0.15) is 44.0 Å². The lowest BCUT2D eigenvalue weighted by molar-refractivity contribution is 0.163. The topological polar surface area (TPSA) is 21.6 Å². The first-order valence-electron chi connectivity index (χ1n) is 9.80. The molecule has 138 valence electrons. The van der Waals surface area contributed by atoms with Crippen LogP contribution in [-0.2, 0) is 4.74 Å². The summed E-state index contributed by atoms with van der Waals surface area (Å²) in [5.41, 5.74) is 2.14. The van der Waals surface area contributed by atoms with Gasteiger partial charge in [0, 0.05) is 0 Å². The minimum Gasteiger partial charge on any atom is -0.469 e. The van der Waals surface area contributed by atoms with Crippen LogP contribution in [-0.4, -0.2) is 5.90 Å². The molecule has 0 radical (unpaired) electrons. The highest BCUT2D eigenvalue weighted by Gasteiger charge is 2.45. The summed E-state index contributed by atoms with van der Waals surface area (Å²) in [4.78, 5) is 5.15. The summed E-state index contributed by atoms with van der Waals surface area (Å²) in [6, 6.07) is 20.9. The van der Waals surface area contributed by atoms with Crippen LogP contribution >= 0.6 is 0 Å². The fourth-order valence-corrected chi connectivity index (χ4v) is 4.35. The molecule has 0 aromatic heterocycles. The molecule has 0 bridgehead atoms. The monoisotopic (exact) mass is 357 g/mol. The van der Waals surface area contributed by atoms with Crippen LogP contribution in [0, 0.1) is 17.3 Å². The van der Waals surface area contributed by atoms with E-state index >= 15 is 0 Å². The first kappa shape index (κ1) is 17.8. The predicted octanol–water partition coefficient (Wildman–Crippen LogP) is 6.30. The van der Waals surface area contributed by atoms with Crippen molar-refractivity contribution in [3.63, 3.8) is 0 Å². The Morgan fingerprint density at radius 2 is 1.52 bits per heavy atom. The highest BCUT2D eigenvalue weighted by atomic mass is 16.5. The lowest BCUT2D eigenvalue weighted by Crippen LogP contribution is -2.37. The number of hydrogen-bond acceptors (Lipinski definition) is 2. The molecule has 4 rings (SSSR count). The van der Waals surface area contributed by atoms with Crippen molar-refractivity contribution in [3.8, 4) is 0 Å². The Balaban J connectivity index is 1.76. The summed E-state index contributed by atoms with van der Waals surface area (Å²) in [6.07, 6.45) is 8.73. The molecule has 4 atom stereocenters. The summed E-state index contributed by atoms with van der Waals surface area (Å²) in [6.45, 7) is 6.79. The van der Waals surface area contributed by atoms with E-state index in [1.165, 1.54) is 11.1 Å². The number of aliphatic imine (C=N–C) groups is 1. The molecule has 1 aliphatic heterocycles. The quantitative estimate of drug-likeness (QED) is 0.629. The van der Waals surface area contributed by atoms with Gasteiger partial charge in [-0.25, -0.2) is 4.99 Å². The van der Waals surface area contributed by atoms with Crippen molar-refractivity contribution in [2.75, 3.05) is 0 Å². The molecule has 0 amide bonds. The largest absolute Gasteiger partial charge is 0.469 e. The average Bonchev–Trinajstić information content (AvgIpc) is 3.16. The minimum absolute atomic E-state index is 0.0208.